The minimum absolute atomic E-state index is 0.241. The van der Waals surface area contributed by atoms with E-state index in [4.69, 9.17) is 17.2 Å². The number of nitrogens with zero attached hydrogens (tertiary/aromatic N) is 2. The third-order valence-electron chi connectivity index (χ3n) is 1.12. The Labute approximate surface area is 59.0 Å². The van der Waals surface area contributed by atoms with E-state index in [9.17, 15) is 0 Å². The SMILES string of the molecule is Bc1nc(N)c(N)c(N)n1. The van der Waals surface area contributed by atoms with E-state index in [0.717, 1.165) is 0 Å². The fourth-order valence-electron chi connectivity index (χ4n) is 0.625. The van der Waals surface area contributed by atoms with E-state index in [1.807, 2.05) is 0 Å². The molecule has 0 saturated carbocycles. The molecule has 1 aromatic heterocycles. The van der Waals surface area contributed by atoms with Gasteiger partial charge in [-0.25, -0.2) is 9.97 Å². The van der Waals surface area contributed by atoms with Gasteiger partial charge < -0.3 is 17.2 Å². The Morgan fingerprint density at radius 3 is 1.80 bits per heavy atom. The van der Waals surface area contributed by atoms with E-state index in [2.05, 4.69) is 9.97 Å². The second-order valence-electron chi connectivity index (χ2n) is 1.95. The molecule has 10 heavy (non-hydrogen) atoms. The molecule has 6 N–H and O–H groups in total. The van der Waals surface area contributed by atoms with Crippen LogP contribution < -0.4 is 22.9 Å². The molecule has 0 aliphatic rings. The van der Waals surface area contributed by atoms with Crippen LogP contribution in [0.25, 0.3) is 0 Å². The second kappa shape index (κ2) is 2.05. The third-order valence-corrected chi connectivity index (χ3v) is 1.12. The molecule has 1 rings (SSSR count). The Morgan fingerprint density at radius 2 is 1.40 bits per heavy atom. The Hall–Kier alpha value is -1.46. The van der Waals surface area contributed by atoms with Crippen molar-refractivity contribution in [2.24, 2.45) is 0 Å². The van der Waals surface area contributed by atoms with Crippen LogP contribution in [0.1, 0.15) is 0 Å². The number of aromatic nitrogens is 2. The summed E-state index contributed by atoms with van der Waals surface area (Å²) in [6.45, 7) is 0. The maximum absolute atomic E-state index is 5.38. The highest BCUT2D eigenvalue weighted by atomic mass is 15.0. The van der Waals surface area contributed by atoms with Crippen molar-refractivity contribution in [1.82, 2.24) is 9.97 Å². The lowest BCUT2D eigenvalue weighted by Gasteiger charge is -2.02. The van der Waals surface area contributed by atoms with E-state index in [1.54, 1.807) is 7.85 Å². The van der Waals surface area contributed by atoms with Crippen LogP contribution in [-0.2, 0) is 0 Å². The van der Waals surface area contributed by atoms with Gasteiger partial charge in [-0.15, -0.1) is 0 Å². The van der Waals surface area contributed by atoms with Crippen LogP contribution in [0.4, 0.5) is 17.3 Å². The quantitative estimate of drug-likeness (QED) is 0.342. The Bertz CT molecular complexity index is 237. The number of nitrogens with two attached hydrogens (primary N) is 3. The van der Waals surface area contributed by atoms with E-state index in [0.29, 0.717) is 5.72 Å². The van der Waals surface area contributed by atoms with Crippen LogP contribution in [0.3, 0.4) is 0 Å². The maximum Gasteiger partial charge on any atom is 0.189 e. The first-order chi connectivity index (χ1) is 4.61. The van der Waals surface area contributed by atoms with E-state index >= 15 is 0 Å². The molecule has 0 aliphatic heterocycles. The second-order valence-corrected chi connectivity index (χ2v) is 1.95. The first-order valence-electron chi connectivity index (χ1n) is 2.76. The average Bonchev–Trinajstić information content (AvgIpc) is 1.82. The van der Waals surface area contributed by atoms with Gasteiger partial charge in [0.15, 0.2) is 19.5 Å². The molecule has 0 aliphatic carbocycles. The van der Waals surface area contributed by atoms with Crippen molar-refractivity contribution in [2.75, 3.05) is 17.2 Å². The molecule has 52 valence electrons. The lowest BCUT2D eigenvalue weighted by Crippen LogP contribution is -2.19. The van der Waals surface area contributed by atoms with Crippen molar-refractivity contribution in [3.63, 3.8) is 0 Å². The zero-order chi connectivity index (χ0) is 7.72. The van der Waals surface area contributed by atoms with Gasteiger partial charge in [0, 0.05) is 0 Å². The van der Waals surface area contributed by atoms with E-state index in [1.165, 1.54) is 0 Å². The monoisotopic (exact) mass is 137 g/mol. The molecular weight excluding hydrogens is 129 g/mol. The fourth-order valence-corrected chi connectivity index (χ4v) is 0.625. The number of rotatable bonds is 0. The van der Waals surface area contributed by atoms with Gasteiger partial charge in [0.25, 0.3) is 0 Å². The summed E-state index contributed by atoms with van der Waals surface area (Å²) in [4.78, 5) is 7.59. The summed E-state index contributed by atoms with van der Waals surface area (Å²) >= 11 is 0. The fraction of sp³-hybridized carbons (Fsp3) is 0. The standard InChI is InChI=1S/C4H8BN5/c5-4-9-2(7)1(6)3(8)10-4/h5-6H2,(H4,7,8,9,10). The molecule has 1 heterocycles. The highest BCUT2D eigenvalue weighted by Crippen LogP contribution is 2.13. The molecule has 1 aromatic rings. The molecule has 0 bridgehead atoms. The molecule has 5 nitrogen and oxygen atoms in total. The summed E-state index contributed by atoms with van der Waals surface area (Å²) in [5.41, 5.74) is 16.9. The predicted octanol–water partition coefficient (Wildman–Crippen LogP) is -2.52. The van der Waals surface area contributed by atoms with Crippen molar-refractivity contribution in [3.05, 3.63) is 0 Å². The normalized spacial score (nSPS) is 9.60. The first-order valence-corrected chi connectivity index (χ1v) is 2.76. The van der Waals surface area contributed by atoms with Crippen LogP contribution in [0.15, 0.2) is 0 Å². The van der Waals surface area contributed by atoms with Gasteiger partial charge >= 0.3 is 0 Å². The lowest BCUT2D eigenvalue weighted by molar-refractivity contribution is 1.26. The molecule has 0 fully saturated rings. The van der Waals surface area contributed by atoms with Crippen molar-refractivity contribution in [2.45, 2.75) is 0 Å². The molecule has 0 radical (unpaired) electrons. The van der Waals surface area contributed by atoms with Gasteiger partial charge in [-0.3, -0.25) is 0 Å². The predicted molar refractivity (Wildman–Crippen MR) is 43.4 cm³/mol. The summed E-state index contributed by atoms with van der Waals surface area (Å²) < 4.78 is 0. The molecule has 6 heteroatoms. The minimum atomic E-state index is 0.241. The topological polar surface area (TPSA) is 104 Å². The van der Waals surface area contributed by atoms with Crippen LogP contribution >= 0.6 is 0 Å². The van der Waals surface area contributed by atoms with Crippen molar-refractivity contribution in [3.8, 4) is 0 Å². The van der Waals surface area contributed by atoms with Crippen LogP contribution in [0.2, 0.25) is 0 Å². The minimum Gasteiger partial charge on any atom is -0.393 e. The summed E-state index contributed by atoms with van der Waals surface area (Å²) in [5.74, 6) is 0.481. The molecule has 0 atom stereocenters. The smallest absolute Gasteiger partial charge is 0.189 e. The summed E-state index contributed by atoms with van der Waals surface area (Å²) in [6, 6.07) is 0. The van der Waals surface area contributed by atoms with Gasteiger partial charge in [-0.05, 0) is 0 Å². The largest absolute Gasteiger partial charge is 0.393 e. The maximum atomic E-state index is 5.38. The van der Waals surface area contributed by atoms with Crippen LogP contribution in [0, 0.1) is 0 Å². The number of nitrogen functional groups attached to an aromatic ring is 3. The summed E-state index contributed by atoms with van der Waals surface area (Å²) in [7, 11) is 1.70. The van der Waals surface area contributed by atoms with Crippen LogP contribution in [-0.4, -0.2) is 17.8 Å². The van der Waals surface area contributed by atoms with E-state index < -0.39 is 0 Å². The Kier molecular flexibility index (Phi) is 1.37. The van der Waals surface area contributed by atoms with Gasteiger partial charge in [0.05, 0.1) is 5.72 Å². The van der Waals surface area contributed by atoms with Crippen LogP contribution in [0.5, 0.6) is 0 Å². The zero-order valence-electron chi connectivity index (χ0n) is 5.63. The van der Waals surface area contributed by atoms with Gasteiger partial charge in [-0.2, -0.15) is 0 Å². The van der Waals surface area contributed by atoms with Gasteiger partial charge in [-0.1, -0.05) is 0 Å². The van der Waals surface area contributed by atoms with Gasteiger partial charge in [0.2, 0.25) is 0 Å². The molecular formula is C4H8BN5. The van der Waals surface area contributed by atoms with E-state index in [-0.39, 0.29) is 17.3 Å². The first kappa shape index (κ1) is 6.66. The Morgan fingerprint density at radius 1 is 1.00 bits per heavy atom. The number of hydrogen-bond donors (Lipinski definition) is 3. The molecule has 0 spiro atoms. The zero-order valence-corrected chi connectivity index (χ0v) is 5.63. The van der Waals surface area contributed by atoms with Crippen molar-refractivity contribution >= 4 is 30.9 Å². The third kappa shape index (κ3) is 0.951. The van der Waals surface area contributed by atoms with Gasteiger partial charge in [0.1, 0.15) is 5.69 Å². The summed E-state index contributed by atoms with van der Waals surface area (Å²) in [6.07, 6.45) is 0. The average molecular weight is 137 g/mol. The molecule has 0 unspecified atom stereocenters. The summed E-state index contributed by atoms with van der Waals surface area (Å²) in [5, 5.41) is 0. The Balaban J connectivity index is 3.31. The molecule has 0 amide bonds. The van der Waals surface area contributed by atoms with Crippen molar-refractivity contribution in [1.29, 1.82) is 0 Å². The highest BCUT2D eigenvalue weighted by Gasteiger charge is 2.01. The molecule has 0 saturated heterocycles. The number of hydrogen-bond acceptors (Lipinski definition) is 5. The molecule has 0 aromatic carbocycles. The highest BCUT2D eigenvalue weighted by molar-refractivity contribution is 6.29. The van der Waals surface area contributed by atoms with Crippen molar-refractivity contribution < 1.29 is 0 Å². The lowest BCUT2D eigenvalue weighted by atomic mass is 10.1. The number of anilines is 3.